The van der Waals surface area contributed by atoms with Crippen LogP contribution in [0.25, 0.3) is 23.1 Å². The Balaban J connectivity index is 1.31. The number of aromatic nitrogens is 5. The Morgan fingerprint density at radius 3 is 2.64 bits per heavy atom. The first-order valence-electron chi connectivity index (χ1n) is 10.8. The number of hydrogen-bond donors (Lipinski definition) is 1. The number of aryl methyl sites for hydroxylation is 2. The van der Waals surface area contributed by atoms with Crippen molar-refractivity contribution in [1.29, 1.82) is 0 Å². The molecule has 0 aliphatic rings. The molecule has 170 valence electrons. The van der Waals surface area contributed by atoms with Crippen LogP contribution in [0.4, 0.5) is 0 Å². The fourth-order valence-electron chi connectivity index (χ4n) is 3.31. The number of nitrogens with zero attached hydrogens (tertiary/aromatic N) is 5. The third kappa shape index (κ3) is 5.87. The van der Waals surface area contributed by atoms with Crippen LogP contribution in [0.3, 0.4) is 0 Å². The summed E-state index contributed by atoms with van der Waals surface area (Å²) in [5.41, 5.74) is 3.30. The highest BCUT2D eigenvalue weighted by Gasteiger charge is 2.19. The van der Waals surface area contributed by atoms with Crippen LogP contribution in [0.2, 0.25) is 0 Å². The summed E-state index contributed by atoms with van der Waals surface area (Å²) in [5.74, 6) is 1.45. The molecule has 1 unspecified atom stereocenters. The maximum atomic E-state index is 12.4. The predicted octanol–water partition coefficient (Wildman–Crippen LogP) is 4.07. The molecule has 4 rings (SSSR count). The molecular formula is C24H26N6O2S. The van der Waals surface area contributed by atoms with Crippen LogP contribution in [0.1, 0.15) is 24.5 Å². The Hall–Kier alpha value is -3.46. The molecule has 1 N–H and O–H groups in total. The SMILES string of the molecule is Cc1ccc(-c2noc(-c3nnc(SCC(=O)NC(C)CCc4ccccc4)n3C)n2)cc1. The van der Waals surface area contributed by atoms with Crippen molar-refractivity contribution in [3.8, 4) is 23.1 Å². The summed E-state index contributed by atoms with van der Waals surface area (Å²) in [7, 11) is 1.81. The number of thioether (sulfide) groups is 1. The van der Waals surface area contributed by atoms with Gasteiger partial charge in [0.2, 0.25) is 17.6 Å². The van der Waals surface area contributed by atoms with Gasteiger partial charge < -0.3 is 14.4 Å². The second-order valence-corrected chi connectivity index (χ2v) is 8.88. The van der Waals surface area contributed by atoms with Gasteiger partial charge in [0.05, 0.1) is 5.75 Å². The number of carbonyl (C=O) groups excluding carboxylic acids is 1. The van der Waals surface area contributed by atoms with Crippen LogP contribution in [0.15, 0.2) is 64.3 Å². The van der Waals surface area contributed by atoms with E-state index in [1.165, 1.54) is 17.3 Å². The first-order valence-corrected chi connectivity index (χ1v) is 11.7. The quantitative estimate of drug-likeness (QED) is 0.374. The Bertz CT molecular complexity index is 1200. The Morgan fingerprint density at radius 1 is 1.12 bits per heavy atom. The smallest absolute Gasteiger partial charge is 0.296 e. The summed E-state index contributed by atoms with van der Waals surface area (Å²) in [6, 6.07) is 18.2. The zero-order valence-electron chi connectivity index (χ0n) is 18.9. The molecule has 1 amide bonds. The minimum Gasteiger partial charge on any atom is -0.353 e. The first kappa shape index (κ1) is 22.7. The molecule has 0 spiro atoms. The molecule has 0 radical (unpaired) electrons. The van der Waals surface area contributed by atoms with Gasteiger partial charge in [0, 0.05) is 18.7 Å². The standard InChI is InChI=1S/C24H26N6O2S/c1-16-9-13-19(14-10-16)21-26-23(32-29-21)22-27-28-24(30(22)3)33-15-20(31)25-17(2)11-12-18-7-5-4-6-8-18/h4-10,13-14,17H,11-12,15H2,1-3H3,(H,25,31). The molecule has 1 atom stereocenters. The van der Waals surface area contributed by atoms with Crippen molar-refractivity contribution < 1.29 is 9.32 Å². The van der Waals surface area contributed by atoms with Gasteiger partial charge in [-0.15, -0.1) is 10.2 Å². The lowest BCUT2D eigenvalue weighted by atomic mass is 10.1. The summed E-state index contributed by atoms with van der Waals surface area (Å²) >= 11 is 1.32. The second kappa shape index (κ2) is 10.4. The van der Waals surface area contributed by atoms with E-state index in [0.29, 0.717) is 16.8 Å². The second-order valence-electron chi connectivity index (χ2n) is 7.94. The van der Waals surface area contributed by atoms with E-state index in [-0.39, 0.29) is 23.6 Å². The molecule has 2 aromatic carbocycles. The number of hydrogen-bond acceptors (Lipinski definition) is 7. The van der Waals surface area contributed by atoms with E-state index in [2.05, 4.69) is 37.8 Å². The fourth-order valence-corrected chi connectivity index (χ4v) is 4.03. The lowest BCUT2D eigenvalue weighted by Crippen LogP contribution is -2.34. The van der Waals surface area contributed by atoms with E-state index in [0.717, 1.165) is 24.0 Å². The summed E-state index contributed by atoms with van der Waals surface area (Å²) in [4.78, 5) is 16.8. The van der Waals surface area contributed by atoms with Crippen molar-refractivity contribution in [3.05, 3.63) is 65.7 Å². The zero-order chi connectivity index (χ0) is 23.2. The maximum Gasteiger partial charge on any atom is 0.296 e. The largest absolute Gasteiger partial charge is 0.353 e. The molecule has 8 nitrogen and oxygen atoms in total. The molecule has 2 aromatic heterocycles. The van der Waals surface area contributed by atoms with E-state index >= 15 is 0 Å². The molecule has 0 aliphatic heterocycles. The summed E-state index contributed by atoms with van der Waals surface area (Å²) in [5, 5.41) is 16.1. The lowest BCUT2D eigenvalue weighted by Gasteiger charge is -2.13. The monoisotopic (exact) mass is 462 g/mol. The van der Waals surface area contributed by atoms with Gasteiger partial charge in [0.15, 0.2) is 5.16 Å². The Morgan fingerprint density at radius 2 is 1.88 bits per heavy atom. The highest BCUT2D eigenvalue weighted by atomic mass is 32.2. The van der Waals surface area contributed by atoms with Gasteiger partial charge in [-0.05, 0) is 32.3 Å². The van der Waals surface area contributed by atoms with Gasteiger partial charge in [0.1, 0.15) is 0 Å². The molecule has 33 heavy (non-hydrogen) atoms. The predicted molar refractivity (Wildman–Crippen MR) is 128 cm³/mol. The number of rotatable bonds is 9. The molecule has 9 heteroatoms. The normalized spacial score (nSPS) is 12.0. The van der Waals surface area contributed by atoms with Crippen molar-refractivity contribution in [3.63, 3.8) is 0 Å². The number of carbonyl (C=O) groups is 1. The molecule has 2 heterocycles. The van der Waals surface area contributed by atoms with Crippen molar-refractivity contribution in [2.75, 3.05) is 5.75 Å². The first-order chi connectivity index (χ1) is 16.0. The summed E-state index contributed by atoms with van der Waals surface area (Å²) in [6.07, 6.45) is 1.81. The number of amides is 1. The molecule has 0 saturated heterocycles. The minimum absolute atomic E-state index is 0.0374. The molecule has 4 aromatic rings. The van der Waals surface area contributed by atoms with Gasteiger partial charge in [-0.2, -0.15) is 4.98 Å². The zero-order valence-corrected chi connectivity index (χ0v) is 19.7. The van der Waals surface area contributed by atoms with Gasteiger partial charge in [-0.3, -0.25) is 4.79 Å². The topological polar surface area (TPSA) is 98.7 Å². The van der Waals surface area contributed by atoms with Crippen molar-refractivity contribution in [2.24, 2.45) is 7.05 Å². The van der Waals surface area contributed by atoms with Crippen molar-refractivity contribution in [2.45, 2.75) is 37.9 Å². The summed E-state index contributed by atoms with van der Waals surface area (Å²) in [6.45, 7) is 4.04. The average Bonchev–Trinajstić information content (AvgIpc) is 3.44. The van der Waals surface area contributed by atoms with Gasteiger partial charge in [0.25, 0.3) is 5.89 Å². The highest BCUT2D eigenvalue weighted by molar-refractivity contribution is 7.99. The average molecular weight is 463 g/mol. The van der Waals surface area contributed by atoms with Crippen molar-refractivity contribution >= 4 is 17.7 Å². The third-order valence-corrected chi connectivity index (χ3v) is 6.23. The minimum atomic E-state index is -0.0374. The van der Waals surface area contributed by atoms with Crippen LogP contribution in [-0.2, 0) is 18.3 Å². The Kier molecular flexibility index (Phi) is 7.19. The Labute approximate surface area is 196 Å². The van der Waals surface area contributed by atoms with Crippen LogP contribution in [0, 0.1) is 6.92 Å². The third-order valence-electron chi connectivity index (χ3n) is 5.21. The van der Waals surface area contributed by atoms with E-state index in [9.17, 15) is 4.79 Å². The number of nitrogens with one attached hydrogen (secondary N) is 1. The molecule has 0 fully saturated rings. The van der Waals surface area contributed by atoms with E-state index in [1.54, 1.807) is 4.57 Å². The van der Waals surface area contributed by atoms with E-state index in [1.807, 2.05) is 63.4 Å². The molecule has 0 bridgehead atoms. The van der Waals surface area contributed by atoms with E-state index in [4.69, 9.17) is 4.52 Å². The molecule has 0 saturated carbocycles. The van der Waals surface area contributed by atoms with Crippen LogP contribution >= 0.6 is 11.8 Å². The van der Waals surface area contributed by atoms with Gasteiger partial charge >= 0.3 is 0 Å². The highest BCUT2D eigenvalue weighted by Crippen LogP contribution is 2.24. The van der Waals surface area contributed by atoms with Crippen LogP contribution in [-0.4, -0.2) is 42.6 Å². The molecular weight excluding hydrogens is 436 g/mol. The van der Waals surface area contributed by atoms with Crippen LogP contribution < -0.4 is 5.32 Å². The van der Waals surface area contributed by atoms with Gasteiger partial charge in [-0.25, -0.2) is 0 Å². The fraction of sp³-hybridized carbons (Fsp3) is 0.292. The van der Waals surface area contributed by atoms with Crippen LogP contribution in [0.5, 0.6) is 0 Å². The number of benzene rings is 2. The van der Waals surface area contributed by atoms with Crippen molar-refractivity contribution in [1.82, 2.24) is 30.2 Å². The molecule has 0 aliphatic carbocycles. The summed E-state index contributed by atoms with van der Waals surface area (Å²) < 4.78 is 7.15. The van der Waals surface area contributed by atoms with E-state index < -0.39 is 0 Å². The van der Waals surface area contributed by atoms with Gasteiger partial charge in [-0.1, -0.05) is 77.1 Å². The maximum absolute atomic E-state index is 12.4. The lowest BCUT2D eigenvalue weighted by molar-refractivity contribution is -0.119.